The molecule has 0 spiro atoms. The average Bonchev–Trinajstić information content (AvgIpc) is 2.40. The zero-order valence-corrected chi connectivity index (χ0v) is 10.9. The SMILES string of the molecule is C[C@@H](NCc1cc(Cl)ccc1O)c1ccccn1. The molecule has 0 radical (unpaired) electrons. The van der Waals surface area contributed by atoms with E-state index < -0.39 is 0 Å². The Kier molecular flexibility index (Phi) is 4.18. The fourth-order valence-electron chi connectivity index (χ4n) is 1.70. The number of phenolic OH excluding ortho intramolecular Hbond substituents is 1. The molecule has 1 aromatic carbocycles. The minimum absolute atomic E-state index is 0.115. The van der Waals surface area contributed by atoms with Crippen LogP contribution in [0.5, 0.6) is 5.75 Å². The molecule has 0 aliphatic rings. The molecule has 2 N–H and O–H groups in total. The van der Waals surface area contributed by atoms with Gasteiger partial charge in [-0.1, -0.05) is 17.7 Å². The van der Waals surface area contributed by atoms with Crippen LogP contribution in [-0.2, 0) is 6.54 Å². The standard InChI is InChI=1S/C14H15ClN2O/c1-10(13-4-2-3-7-16-13)17-9-11-8-12(15)5-6-14(11)18/h2-8,10,17-18H,9H2,1H3/t10-/m1/s1. The van der Waals surface area contributed by atoms with Gasteiger partial charge in [-0.3, -0.25) is 4.98 Å². The minimum Gasteiger partial charge on any atom is -0.508 e. The van der Waals surface area contributed by atoms with Crippen LogP contribution in [-0.4, -0.2) is 10.1 Å². The zero-order chi connectivity index (χ0) is 13.0. The molecule has 0 aliphatic heterocycles. The van der Waals surface area contributed by atoms with Gasteiger partial charge in [-0.25, -0.2) is 0 Å². The highest BCUT2D eigenvalue weighted by atomic mass is 35.5. The molecule has 2 aromatic rings. The molecule has 4 heteroatoms. The Morgan fingerprint density at radius 1 is 1.33 bits per heavy atom. The van der Waals surface area contributed by atoms with Crippen molar-refractivity contribution in [2.75, 3.05) is 0 Å². The van der Waals surface area contributed by atoms with Crippen LogP contribution < -0.4 is 5.32 Å². The molecule has 0 saturated carbocycles. The van der Waals surface area contributed by atoms with Crippen molar-refractivity contribution in [1.29, 1.82) is 0 Å². The molecule has 1 heterocycles. The molecule has 1 aromatic heterocycles. The summed E-state index contributed by atoms with van der Waals surface area (Å²) in [5, 5.41) is 13.6. The lowest BCUT2D eigenvalue weighted by Crippen LogP contribution is -2.19. The van der Waals surface area contributed by atoms with Crippen molar-refractivity contribution < 1.29 is 5.11 Å². The summed E-state index contributed by atoms with van der Waals surface area (Å²) in [7, 11) is 0. The van der Waals surface area contributed by atoms with Crippen molar-refractivity contribution in [1.82, 2.24) is 10.3 Å². The Bertz CT molecular complexity index is 516. The summed E-state index contributed by atoms with van der Waals surface area (Å²) < 4.78 is 0. The Labute approximate surface area is 111 Å². The second-order valence-corrected chi connectivity index (χ2v) is 4.57. The third kappa shape index (κ3) is 3.22. The van der Waals surface area contributed by atoms with Gasteiger partial charge in [0.05, 0.1) is 5.69 Å². The number of aromatic nitrogens is 1. The molecule has 0 fully saturated rings. The van der Waals surface area contributed by atoms with Crippen molar-refractivity contribution in [2.45, 2.75) is 19.5 Å². The molecule has 2 rings (SSSR count). The maximum atomic E-state index is 9.70. The minimum atomic E-state index is 0.115. The predicted molar refractivity (Wildman–Crippen MR) is 72.6 cm³/mol. The van der Waals surface area contributed by atoms with Gasteiger partial charge < -0.3 is 10.4 Å². The number of aromatic hydroxyl groups is 1. The summed E-state index contributed by atoms with van der Waals surface area (Å²) >= 11 is 5.90. The molecule has 0 aliphatic carbocycles. The summed E-state index contributed by atoms with van der Waals surface area (Å²) in [6.45, 7) is 2.58. The highest BCUT2D eigenvalue weighted by Crippen LogP contribution is 2.22. The van der Waals surface area contributed by atoms with Gasteiger partial charge in [0.1, 0.15) is 5.75 Å². The van der Waals surface area contributed by atoms with Crippen LogP contribution in [0.1, 0.15) is 24.2 Å². The average molecular weight is 263 g/mol. The zero-order valence-electron chi connectivity index (χ0n) is 10.1. The number of halogens is 1. The first-order valence-electron chi connectivity index (χ1n) is 5.78. The van der Waals surface area contributed by atoms with Gasteiger partial charge in [0.25, 0.3) is 0 Å². The molecular formula is C14H15ClN2O. The summed E-state index contributed by atoms with van der Waals surface area (Å²) in [5.41, 5.74) is 1.75. The van der Waals surface area contributed by atoms with E-state index in [0.29, 0.717) is 11.6 Å². The van der Waals surface area contributed by atoms with Crippen molar-refractivity contribution >= 4 is 11.6 Å². The molecule has 3 nitrogen and oxygen atoms in total. The molecule has 0 saturated heterocycles. The van der Waals surface area contributed by atoms with E-state index in [-0.39, 0.29) is 11.8 Å². The van der Waals surface area contributed by atoms with Crippen molar-refractivity contribution in [3.63, 3.8) is 0 Å². The maximum Gasteiger partial charge on any atom is 0.120 e. The normalized spacial score (nSPS) is 12.3. The second-order valence-electron chi connectivity index (χ2n) is 4.13. The second kappa shape index (κ2) is 5.85. The van der Waals surface area contributed by atoms with E-state index in [4.69, 9.17) is 11.6 Å². The number of hydrogen-bond donors (Lipinski definition) is 2. The number of nitrogens with zero attached hydrogens (tertiary/aromatic N) is 1. The van der Waals surface area contributed by atoms with Gasteiger partial charge in [0.15, 0.2) is 0 Å². The highest BCUT2D eigenvalue weighted by molar-refractivity contribution is 6.30. The van der Waals surface area contributed by atoms with Crippen molar-refractivity contribution in [3.8, 4) is 5.75 Å². The summed E-state index contributed by atoms with van der Waals surface area (Å²) in [5.74, 6) is 0.250. The van der Waals surface area contributed by atoms with Gasteiger partial charge >= 0.3 is 0 Å². The van der Waals surface area contributed by atoms with Crippen LogP contribution in [0, 0.1) is 0 Å². The lowest BCUT2D eigenvalue weighted by atomic mass is 10.1. The van der Waals surface area contributed by atoms with E-state index in [1.54, 1.807) is 24.4 Å². The van der Waals surface area contributed by atoms with E-state index in [2.05, 4.69) is 10.3 Å². The van der Waals surface area contributed by atoms with Crippen LogP contribution in [0.2, 0.25) is 5.02 Å². The Morgan fingerprint density at radius 3 is 2.89 bits per heavy atom. The van der Waals surface area contributed by atoms with E-state index in [1.807, 2.05) is 25.1 Å². The monoisotopic (exact) mass is 262 g/mol. The molecule has 18 heavy (non-hydrogen) atoms. The Balaban J connectivity index is 2.01. The number of nitrogens with one attached hydrogen (secondary N) is 1. The molecule has 0 bridgehead atoms. The number of rotatable bonds is 4. The summed E-state index contributed by atoms with van der Waals surface area (Å²) in [6, 6.07) is 11.0. The Hall–Kier alpha value is -1.58. The first kappa shape index (κ1) is 12.9. The van der Waals surface area contributed by atoms with Crippen LogP contribution >= 0.6 is 11.6 Å². The van der Waals surface area contributed by atoms with E-state index in [0.717, 1.165) is 11.3 Å². The number of phenols is 1. The quantitative estimate of drug-likeness (QED) is 0.889. The van der Waals surface area contributed by atoms with E-state index >= 15 is 0 Å². The summed E-state index contributed by atoms with van der Waals surface area (Å²) in [4.78, 5) is 4.28. The molecular weight excluding hydrogens is 248 g/mol. The molecule has 0 unspecified atom stereocenters. The van der Waals surface area contributed by atoms with Gasteiger partial charge in [-0.15, -0.1) is 0 Å². The molecule has 0 amide bonds. The van der Waals surface area contributed by atoms with Gasteiger partial charge in [-0.05, 0) is 37.3 Å². The topological polar surface area (TPSA) is 45.1 Å². The van der Waals surface area contributed by atoms with Crippen LogP contribution in [0.4, 0.5) is 0 Å². The smallest absolute Gasteiger partial charge is 0.120 e. The van der Waals surface area contributed by atoms with Gasteiger partial charge in [0, 0.05) is 29.4 Å². The van der Waals surface area contributed by atoms with Gasteiger partial charge in [0.2, 0.25) is 0 Å². The first-order valence-corrected chi connectivity index (χ1v) is 6.16. The number of pyridine rings is 1. The van der Waals surface area contributed by atoms with Crippen LogP contribution in [0.15, 0.2) is 42.6 Å². The van der Waals surface area contributed by atoms with E-state index in [9.17, 15) is 5.11 Å². The first-order chi connectivity index (χ1) is 8.66. The van der Waals surface area contributed by atoms with E-state index in [1.165, 1.54) is 0 Å². The molecule has 94 valence electrons. The van der Waals surface area contributed by atoms with Crippen LogP contribution in [0.3, 0.4) is 0 Å². The predicted octanol–water partition coefficient (Wildman–Crippen LogP) is 3.29. The maximum absolute atomic E-state index is 9.70. The largest absolute Gasteiger partial charge is 0.508 e. The third-order valence-corrected chi connectivity index (χ3v) is 3.01. The number of hydrogen-bond acceptors (Lipinski definition) is 3. The molecule has 1 atom stereocenters. The van der Waals surface area contributed by atoms with Crippen molar-refractivity contribution in [2.24, 2.45) is 0 Å². The van der Waals surface area contributed by atoms with Crippen LogP contribution in [0.25, 0.3) is 0 Å². The Morgan fingerprint density at radius 2 is 2.17 bits per heavy atom. The number of benzene rings is 1. The van der Waals surface area contributed by atoms with Crippen molar-refractivity contribution in [3.05, 3.63) is 58.9 Å². The fourth-order valence-corrected chi connectivity index (χ4v) is 1.89. The lowest BCUT2D eigenvalue weighted by molar-refractivity contribution is 0.459. The highest BCUT2D eigenvalue weighted by Gasteiger charge is 2.07. The third-order valence-electron chi connectivity index (χ3n) is 2.77. The fraction of sp³-hybridized carbons (Fsp3) is 0.214. The lowest BCUT2D eigenvalue weighted by Gasteiger charge is -2.14. The summed E-state index contributed by atoms with van der Waals surface area (Å²) in [6.07, 6.45) is 1.77. The van der Waals surface area contributed by atoms with Gasteiger partial charge in [-0.2, -0.15) is 0 Å².